The van der Waals surface area contributed by atoms with Gasteiger partial charge in [-0.15, -0.1) is 4.21 Å². The Bertz CT molecular complexity index is 114. The van der Waals surface area contributed by atoms with Crippen LogP contribution >= 0.6 is 0 Å². The molecule has 0 aliphatic rings. The summed E-state index contributed by atoms with van der Waals surface area (Å²) in [5.74, 6) is 0. The highest BCUT2D eigenvalue weighted by molar-refractivity contribution is 8.06. The summed E-state index contributed by atoms with van der Waals surface area (Å²) >= 11 is 0. The van der Waals surface area contributed by atoms with Crippen LogP contribution in [0.3, 0.4) is 0 Å². The molecule has 6 heteroatoms. The zero-order valence-corrected chi connectivity index (χ0v) is 4.18. The third kappa shape index (κ3) is 5.90. The van der Waals surface area contributed by atoms with Gasteiger partial charge in [-0.05, 0) is 8.91 Å². The van der Waals surface area contributed by atoms with Gasteiger partial charge in [-0.3, -0.25) is 0 Å². The Labute approximate surface area is 38.4 Å². The minimum Gasteiger partial charge on any atom is -0.147 e. The normalized spacial score (nSPS) is 18.0. The van der Waals surface area contributed by atoms with Gasteiger partial charge >= 0.3 is 0 Å². The predicted octanol–water partition coefficient (Wildman–Crippen LogP) is 1.02. The van der Waals surface area contributed by atoms with Crippen molar-refractivity contribution in [1.82, 2.24) is 0 Å². The van der Waals surface area contributed by atoms with Crippen LogP contribution in [0.1, 0.15) is 0 Å². The molecule has 0 aromatic carbocycles. The van der Waals surface area contributed by atoms with Gasteiger partial charge in [0.15, 0.2) is 0 Å². The molecule has 0 bridgehead atoms. The third-order valence-electron chi connectivity index (χ3n) is 0.136. The molecule has 0 saturated heterocycles. The molecule has 0 aromatic heterocycles. The lowest BCUT2D eigenvalue weighted by atomic mass is 12.0. The first-order valence-electron chi connectivity index (χ1n) is 1.20. The van der Waals surface area contributed by atoms with Crippen molar-refractivity contribution in [2.24, 2.45) is 0 Å². The molecule has 0 atom stereocenters. The van der Waals surface area contributed by atoms with Gasteiger partial charge in [-0.25, -0.2) is 0 Å². The monoisotopic (exact) mass is 136 g/mol. The fourth-order valence-corrected chi connectivity index (χ4v) is 0. The van der Waals surface area contributed by atoms with Gasteiger partial charge in [0.05, 0.1) is 16.4 Å². The van der Waals surface area contributed by atoms with Crippen molar-refractivity contribution in [3.8, 4) is 0 Å². The second-order valence-electron chi connectivity index (χ2n) is 1.08. The Morgan fingerprint density at radius 1 is 1.57 bits per heavy atom. The fraction of sp³-hybridized carbons (Fsp3) is 1.00. The van der Waals surface area contributed by atoms with Crippen LogP contribution in [0.25, 0.3) is 0 Å². The summed E-state index contributed by atoms with van der Waals surface area (Å²) in [6.45, 7) is 0. The summed E-state index contributed by atoms with van der Waals surface area (Å²) in [4.78, 5) is 0. The summed E-state index contributed by atoms with van der Waals surface area (Å²) < 4.78 is 43.6. The standard InChI is InChI=1S/CH3F3O2S/c1-7(3,4,5)6-2/h1H3. The maximum atomic E-state index is 11.1. The SMILES string of the molecule is CS(=O)(F)(F)OF. The van der Waals surface area contributed by atoms with Gasteiger partial charge in [-0.2, -0.15) is 0 Å². The molecular formula is CH3F3O2S. The first-order valence-corrected chi connectivity index (χ1v) is 3.30. The fourth-order valence-electron chi connectivity index (χ4n) is 0. The topological polar surface area (TPSA) is 26.3 Å². The Morgan fingerprint density at radius 2 is 1.71 bits per heavy atom. The van der Waals surface area contributed by atoms with Crippen LogP contribution in [0, 0.1) is 0 Å². The zero-order chi connectivity index (χ0) is 6.15. The van der Waals surface area contributed by atoms with Crippen LogP contribution < -0.4 is 0 Å². The highest BCUT2D eigenvalue weighted by Gasteiger charge is 2.21. The van der Waals surface area contributed by atoms with E-state index in [-0.39, 0.29) is 6.26 Å². The van der Waals surface area contributed by atoms with Gasteiger partial charge < -0.3 is 0 Å². The molecule has 0 radical (unpaired) electrons. The van der Waals surface area contributed by atoms with Crippen molar-refractivity contribution in [3.05, 3.63) is 0 Å². The molecule has 0 spiro atoms. The zero-order valence-electron chi connectivity index (χ0n) is 3.36. The van der Waals surface area contributed by atoms with E-state index >= 15 is 0 Å². The van der Waals surface area contributed by atoms with Crippen molar-refractivity contribution in [1.29, 1.82) is 0 Å². The lowest BCUT2D eigenvalue weighted by Gasteiger charge is -2.16. The highest BCUT2D eigenvalue weighted by Crippen LogP contribution is 2.26. The van der Waals surface area contributed by atoms with Crippen molar-refractivity contribution >= 4 is 10.1 Å². The van der Waals surface area contributed by atoms with Crippen molar-refractivity contribution in [3.63, 3.8) is 0 Å². The maximum Gasteiger partial charge on any atom is 0.0948 e. The van der Waals surface area contributed by atoms with Crippen LogP contribution in [-0.4, -0.2) is 10.5 Å². The summed E-state index contributed by atoms with van der Waals surface area (Å²) in [7, 11) is -6.28. The van der Waals surface area contributed by atoms with E-state index in [1.165, 1.54) is 0 Å². The molecule has 7 heavy (non-hydrogen) atoms. The molecule has 0 aromatic rings. The average molecular weight is 136 g/mol. The van der Waals surface area contributed by atoms with E-state index in [2.05, 4.69) is 0 Å². The molecule has 46 valence electrons. The molecule has 0 rings (SSSR count). The van der Waals surface area contributed by atoms with Crippen molar-refractivity contribution in [2.45, 2.75) is 0 Å². The first kappa shape index (κ1) is 6.90. The summed E-state index contributed by atoms with van der Waals surface area (Å²) in [6.07, 6.45) is -0.114. The summed E-state index contributed by atoms with van der Waals surface area (Å²) in [5.41, 5.74) is 0. The second kappa shape index (κ2) is 1.19. The molecule has 0 saturated carbocycles. The van der Waals surface area contributed by atoms with Gasteiger partial charge in [0.2, 0.25) is 0 Å². The predicted molar refractivity (Wildman–Crippen MR) is 18.5 cm³/mol. The van der Waals surface area contributed by atoms with Gasteiger partial charge in [0, 0.05) is 0 Å². The van der Waals surface area contributed by atoms with Crippen LogP contribution in [0.5, 0.6) is 0 Å². The van der Waals surface area contributed by atoms with Crippen molar-refractivity contribution in [2.75, 3.05) is 6.26 Å². The largest absolute Gasteiger partial charge is 0.147 e. The lowest BCUT2D eigenvalue weighted by molar-refractivity contribution is -0.0184. The smallest absolute Gasteiger partial charge is 0.0948 e. The Kier molecular flexibility index (Phi) is 1.18. The van der Waals surface area contributed by atoms with Crippen LogP contribution in [0.4, 0.5) is 12.3 Å². The van der Waals surface area contributed by atoms with E-state index in [9.17, 15) is 16.5 Å². The first-order chi connectivity index (χ1) is 2.81. The summed E-state index contributed by atoms with van der Waals surface area (Å²) in [5, 5.41) is 0. The highest BCUT2D eigenvalue weighted by atomic mass is 32.4. The minimum absolute atomic E-state index is 0.114. The Balaban J connectivity index is 4.14. The minimum atomic E-state index is -6.28. The second-order valence-corrected chi connectivity index (χ2v) is 3.25. The maximum absolute atomic E-state index is 11.1. The number of rotatable bonds is 1. The number of hydrogen-bond donors (Lipinski definition) is 0. The van der Waals surface area contributed by atoms with Crippen LogP contribution in [0.15, 0.2) is 0 Å². The van der Waals surface area contributed by atoms with Gasteiger partial charge in [0.25, 0.3) is 0 Å². The van der Waals surface area contributed by atoms with E-state index < -0.39 is 10.1 Å². The van der Waals surface area contributed by atoms with E-state index in [1.807, 2.05) is 4.39 Å². The molecule has 0 heterocycles. The number of halogens is 3. The van der Waals surface area contributed by atoms with Gasteiger partial charge in [0.1, 0.15) is 0 Å². The lowest BCUT2D eigenvalue weighted by Crippen LogP contribution is -2.15. The van der Waals surface area contributed by atoms with E-state index in [1.54, 1.807) is 0 Å². The van der Waals surface area contributed by atoms with E-state index in [0.29, 0.717) is 0 Å². The molecular weight excluding hydrogens is 133 g/mol. The average Bonchev–Trinajstić information content (AvgIpc) is 1.32. The Hall–Kier alpha value is -0.100. The van der Waals surface area contributed by atoms with Crippen LogP contribution in [0.2, 0.25) is 0 Å². The molecule has 0 unspecified atom stereocenters. The molecule has 2 nitrogen and oxygen atoms in total. The quantitative estimate of drug-likeness (QED) is 0.503. The Morgan fingerprint density at radius 3 is 1.71 bits per heavy atom. The molecule has 0 amide bonds. The van der Waals surface area contributed by atoms with Crippen LogP contribution in [-0.2, 0) is 14.5 Å². The third-order valence-corrected chi connectivity index (χ3v) is 0.409. The molecule has 0 N–H and O–H groups in total. The van der Waals surface area contributed by atoms with Gasteiger partial charge in [-0.1, -0.05) is 7.77 Å². The number of hydrogen-bond acceptors (Lipinski definition) is 2. The van der Waals surface area contributed by atoms with E-state index in [4.69, 9.17) is 0 Å². The molecule has 0 aliphatic carbocycles. The van der Waals surface area contributed by atoms with E-state index in [0.717, 1.165) is 0 Å². The molecule has 0 fully saturated rings. The molecule has 0 aliphatic heterocycles. The summed E-state index contributed by atoms with van der Waals surface area (Å²) in [6, 6.07) is 0. The van der Waals surface area contributed by atoms with Crippen molar-refractivity contribution < 1.29 is 20.9 Å².